The van der Waals surface area contributed by atoms with Crippen LogP contribution in [0.5, 0.6) is 5.75 Å². The number of halogens is 1. The van der Waals surface area contributed by atoms with E-state index in [0.717, 1.165) is 5.56 Å². The molecule has 0 radical (unpaired) electrons. The molecule has 30 heavy (non-hydrogen) atoms. The van der Waals surface area contributed by atoms with Gasteiger partial charge in [0.05, 0.1) is 34.3 Å². The quantitative estimate of drug-likeness (QED) is 0.556. The van der Waals surface area contributed by atoms with Gasteiger partial charge in [-0.2, -0.15) is 0 Å². The van der Waals surface area contributed by atoms with Crippen LogP contribution in [0.2, 0.25) is 5.02 Å². The van der Waals surface area contributed by atoms with Crippen molar-refractivity contribution in [2.24, 2.45) is 0 Å². The van der Waals surface area contributed by atoms with Gasteiger partial charge in [0, 0.05) is 0 Å². The fourth-order valence-electron chi connectivity index (χ4n) is 2.83. The summed E-state index contributed by atoms with van der Waals surface area (Å²) in [5.74, 6) is 0.206. The van der Waals surface area contributed by atoms with E-state index >= 15 is 0 Å². The topological polar surface area (TPSA) is 84.5 Å². The van der Waals surface area contributed by atoms with Gasteiger partial charge in [0.2, 0.25) is 0 Å². The fraction of sp³-hybridized carbons (Fsp3) is 0.136. The Morgan fingerprint density at radius 3 is 2.27 bits per heavy atom. The summed E-state index contributed by atoms with van der Waals surface area (Å²) in [5.41, 5.74) is 1.47. The minimum absolute atomic E-state index is 0.0814. The molecule has 156 valence electrons. The molecule has 1 atom stereocenters. The lowest BCUT2D eigenvalue weighted by atomic mass is 10.1. The first kappa shape index (κ1) is 21.7. The molecular weight excluding hydrogens is 424 g/mol. The van der Waals surface area contributed by atoms with E-state index < -0.39 is 10.0 Å². The van der Waals surface area contributed by atoms with Crippen LogP contribution in [0.4, 0.5) is 5.69 Å². The Morgan fingerprint density at radius 1 is 1.00 bits per heavy atom. The highest BCUT2D eigenvalue weighted by Gasteiger charge is 2.18. The van der Waals surface area contributed by atoms with Crippen LogP contribution in [0, 0.1) is 0 Å². The summed E-state index contributed by atoms with van der Waals surface area (Å²) in [6, 6.07) is 19.7. The SMILES string of the molecule is COc1ccc(S(=O)(=O)Nc2ccc(C(=O)N[C@@H](C)c3ccccc3)c(Cl)c2)cc1. The predicted molar refractivity (Wildman–Crippen MR) is 118 cm³/mol. The molecule has 0 aromatic heterocycles. The summed E-state index contributed by atoms with van der Waals surface area (Å²) < 4.78 is 32.6. The molecule has 8 heteroatoms. The maximum atomic E-state index is 12.6. The monoisotopic (exact) mass is 444 g/mol. The molecule has 0 saturated heterocycles. The third-order valence-electron chi connectivity index (χ3n) is 4.48. The average Bonchev–Trinajstić information content (AvgIpc) is 2.74. The van der Waals surface area contributed by atoms with E-state index in [0.29, 0.717) is 5.75 Å². The van der Waals surface area contributed by atoms with E-state index in [9.17, 15) is 13.2 Å². The Morgan fingerprint density at radius 2 is 1.67 bits per heavy atom. The molecule has 2 N–H and O–H groups in total. The second kappa shape index (κ2) is 9.19. The van der Waals surface area contributed by atoms with Gasteiger partial charge in [0.15, 0.2) is 0 Å². The second-order valence-electron chi connectivity index (χ2n) is 6.58. The van der Waals surface area contributed by atoms with Crippen molar-refractivity contribution in [3.8, 4) is 5.75 Å². The second-order valence-corrected chi connectivity index (χ2v) is 8.67. The van der Waals surface area contributed by atoms with E-state index in [-0.39, 0.29) is 33.1 Å². The van der Waals surface area contributed by atoms with Gasteiger partial charge >= 0.3 is 0 Å². The molecule has 3 aromatic carbocycles. The van der Waals surface area contributed by atoms with Crippen LogP contribution in [-0.4, -0.2) is 21.4 Å². The van der Waals surface area contributed by atoms with Crippen molar-refractivity contribution in [3.05, 3.63) is 88.9 Å². The van der Waals surface area contributed by atoms with Gasteiger partial charge < -0.3 is 10.1 Å². The van der Waals surface area contributed by atoms with Gasteiger partial charge in [-0.05, 0) is 55.0 Å². The van der Waals surface area contributed by atoms with Gasteiger partial charge in [0.1, 0.15) is 5.75 Å². The van der Waals surface area contributed by atoms with Crippen molar-refractivity contribution in [3.63, 3.8) is 0 Å². The standard InChI is InChI=1S/C22H21ClN2O4S/c1-15(16-6-4-3-5-7-16)24-22(26)20-13-8-17(14-21(20)23)25-30(27,28)19-11-9-18(29-2)10-12-19/h3-15,25H,1-2H3,(H,24,26)/t15-/m0/s1. The first-order valence-electron chi connectivity index (χ1n) is 9.12. The highest BCUT2D eigenvalue weighted by Crippen LogP contribution is 2.25. The van der Waals surface area contributed by atoms with Crippen LogP contribution in [0.3, 0.4) is 0 Å². The number of carbonyl (C=O) groups excluding carboxylic acids is 1. The van der Waals surface area contributed by atoms with E-state index in [4.69, 9.17) is 16.3 Å². The lowest BCUT2D eigenvalue weighted by molar-refractivity contribution is 0.0940. The number of carbonyl (C=O) groups is 1. The molecule has 3 aromatic rings. The van der Waals surface area contributed by atoms with Gasteiger partial charge in [0.25, 0.3) is 15.9 Å². The minimum Gasteiger partial charge on any atom is -0.497 e. The Kier molecular flexibility index (Phi) is 6.64. The number of anilines is 1. The summed E-state index contributed by atoms with van der Waals surface area (Å²) in [4.78, 5) is 12.7. The van der Waals surface area contributed by atoms with Crippen molar-refractivity contribution < 1.29 is 17.9 Å². The zero-order chi connectivity index (χ0) is 21.7. The van der Waals surface area contributed by atoms with Crippen LogP contribution in [-0.2, 0) is 10.0 Å². The van der Waals surface area contributed by atoms with Gasteiger partial charge in [-0.15, -0.1) is 0 Å². The third-order valence-corrected chi connectivity index (χ3v) is 6.19. The zero-order valence-corrected chi connectivity index (χ0v) is 18.0. The lowest BCUT2D eigenvalue weighted by Crippen LogP contribution is -2.26. The number of rotatable bonds is 7. The molecule has 0 saturated carbocycles. The molecule has 0 heterocycles. The van der Waals surface area contributed by atoms with Crippen LogP contribution >= 0.6 is 11.6 Å². The normalized spacial score (nSPS) is 12.1. The lowest BCUT2D eigenvalue weighted by Gasteiger charge is -2.15. The highest BCUT2D eigenvalue weighted by molar-refractivity contribution is 7.92. The van der Waals surface area contributed by atoms with Crippen LogP contribution in [0.25, 0.3) is 0 Å². The molecule has 0 bridgehead atoms. The Balaban J connectivity index is 1.73. The summed E-state index contributed by atoms with van der Waals surface area (Å²) >= 11 is 6.26. The molecule has 0 unspecified atom stereocenters. The Bertz CT molecular complexity index is 1130. The van der Waals surface area contributed by atoms with E-state index in [1.165, 1.54) is 37.4 Å². The molecule has 0 aliphatic rings. The zero-order valence-electron chi connectivity index (χ0n) is 16.4. The van der Waals surface area contributed by atoms with Gasteiger partial charge in [-0.3, -0.25) is 9.52 Å². The van der Waals surface area contributed by atoms with Crippen molar-refractivity contribution in [1.29, 1.82) is 0 Å². The summed E-state index contributed by atoms with van der Waals surface area (Å²) in [5, 5.41) is 3.03. The number of nitrogens with one attached hydrogen (secondary N) is 2. The van der Waals surface area contributed by atoms with Crippen molar-refractivity contribution >= 4 is 33.2 Å². The summed E-state index contributed by atoms with van der Waals surface area (Å²) in [6.45, 7) is 1.87. The first-order chi connectivity index (χ1) is 14.3. The van der Waals surface area contributed by atoms with Crippen LogP contribution in [0.15, 0.2) is 77.7 Å². The van der Waals surface area contributed by atoms with Crippen LogP contribution in [0.1, 0.15) is 28.9 Å². The van der Waals surface area contributed by atoms with Gasteiger partial charge in [-0.25, -0.2) is 8.42 Å². The number of sulfonamides is 1. The van der Waals surface area contributed by atoms with Crippen molar-refractivity contribution in [2.75, 3.05) is 11.8 Å². The molecule has 0 spiro atoms. The van der Waals surface area contributed by atoms with E-state index in [2.05, 4.69) is 10.0 Å². The molecular formula is C22H21ClN2O4S. The molecule has 6 nitrogen and oxygen atoms in total. The number of benzene rings is 3. The minimum atomic E-state index is -3.81. The van der Waals surface area contributed by atoms with E-state index in [1.807, 2.05) is 37.3 Å². The molecule has 1 amide bonds. The number of methoxy groups -OCH3 is 1. The fourth-order valence-corrected chi connectivity index (χ4v) is 4.15. The Labute approximate surface area is 180 Å². The summed E-state index contributed by atoms with van der Waals surface area (Å²) in [7, 11) is -2.31. The molecule has 0 aliphatic carbocycles. The number of amides is 1. The number of hydrogen-bond donors (Lipinski definition) is 2. The molecule has 0 aliphatic heterocycles. The van der Waals surface area contributed by atoms with E-state index in [1.54, 1.807) is 12.1 Å². The average molecular weight is 445 g/mol. The summed E-state index contributed by atoms with van der Waals surface area (Å²) in [6.07, 6.45) is 0. The van der Waals surface area contributed by atoms with Crippen molar-refractivity contribution in [1.82, 2.24) is 5.32 Å². The first-order valence-corrected chi connectivity index (χ1v) is 11.0. The predicted octanol–water partition coefficient (Wildman–Crippen LogP) is 4.64. The number of hydrogen-bond acceptors (Lipinski definition) is 4. The molecule has 0 fully saturated rings. The maximum Gasteiger partial charge on any atom is 0.261 e. The smallest absolute Gasteiger partial charge is 0.261 e. The Hall–Kier alpha value is -3.03. The van der Waals surface area contributed by atoms with Crippen LogP contribution < -0.4 is 14.8 Å². The largest absolute Gasteiger partial charge is 0.497 e. The third kappa shape index (κ3) is 5.11. The maximum absolute atomic E-state index is 12.6. The highest BCUT2D eigenvalue weighted by atomic mass is 35.5. The molecule has 3 rings (SSSR count). The van der Waals surface area contributed by atoms with Crippen molar-refractivity contribution in [2.45, 2.75) is 17.9 Å². The van der Waals surface area contributed by atoms with Gasteiger partial charge in [-0.1, -0.05) is 41.9 Å². The number of ether oxygens (including phenoxy) is 1.